The van der Waals surface area contributed by atoms with E-state index in [1.807, 2.05) is 12.1 Å². The summed E-state index contributed by atoms with van der Waals surface area (Å²) in [5, 5.41) is 0. The molecule has 7 heteroatoms. The zero-order valence-electron chi connectivity index (χ0n) is 13.8. The molecule has 2 fully saturated rings. The van der Waals surface area contributed by atoms with Gasteiger partial charge < -0.3 is 9.47 Å². The molecule has 2 atom stereocenters. The maximum atomic E-state index is 12.3. The van der Waals surface area contributed by atoms with E-state index in [9.17, 15) is 14.4 Å². The largest absolute Gasteiger partial charge is 0.490 e. The van der Waals surface area contributed by atoms with Gasteiger partial charge in [0.05, 0.1) is 11.8 Å². The second kappa shape index (κ2) is 7.99. The van der Waals surface area contributed by atoms with Gasteiger partial charge in [0.2, 0.25) is 11.8 Å². The molecule has 1 aliphatic carbocycles. The highest BCUT2D eigenvalue weighted by molar-refractivity contribution is 9.10. The quantitative estimate of drug-likeness (QED) is 0.410. The summed E-state index contributed by atoms with van der Waals surface area (Å²) < 4.78 is 11.5. The van der Waals surface area contributed by atoms with Crippen molar-refractivity contribution in [3.05, 3.63) is 28.7 Å². The number of amides is 2. The van der Waals surface area contributed by atoms with E-state index < -0.39 is 5.97 Å². The minimum Gasteiger partial charge on any atom is -0.490 e. The third-order valence-electron chi connectivity index (χ3n) is 4.65. The fraction of sp³-hybridized carbons (Fsp3) is 0.500. The van der Waals surface area contributed by atoms with Gasteiger partial charge in [0.1, 0.15) is 25.5 Å². The lowest BCUT2D eigenvalue weighted by Crippen LogP contribution is -2.37. The van der Waals surface area contributed by atoms with Gasteiger partial charge in [-0.1, -0.05) is 28.8 Å². The molecule has 1 saturated carbocycles. The van der Waals surface area contributed by atoms with Crippen LogP contribution in [-0.4, -0.2) is 42.4 Å². The van der Waals surface area contributed by atoms with Crippen LogP contribution in [0.3, 0.4) is 0 Å². The van der Waals surface area contributed by atoms with Crippen LogP contribution in [-0.2, 0) is 19.1 Å². The molecule has 0 N–H and O–H groups in total. The Kier molecular flexibility index (Phi) is 5.73. The van der Waals surface area contributed by atoms with Crippen LogP contribution in [0.15, 0.2) is 28.7 Å². The van der Waals surface area contributed by atoms with E-state index >= 15 is 0 Å². The second-order valence-corrected chi connectivity index (χ2v) is 7.20. The molecule has 6 nitrogen and oxygen atoms in total. The van der Waals surface area contributed by atoms with Crippen molar-refractivity contribution in [2.24, 2.45) is 11.8 Å². The Bertz CT molecular complexity index is 636. The number of halogens is 1. The van der Waals surface area contributed by atoms with E-state index in [0.717, 1.165) is 35.1 Å². The Hall–Kier alpha value is -1.89. The van der Waals surface area contributed by atoms with Crippen molar-refractivity contribution in [3.63, 3.8) is 0 Å². The lowest BCUT2D eigenvalue weighted by atomic mass is 9.81. The number of imide groups is 1. The predicted octanol–water partition coefficient (Wildman–Crippen LogP) is 2.55. The number of hydrogen-bond acceptors (Lipinski definition) is 5. The molecule has 134 valence electrons. The van der Waals surface area contributed by atoms with Gasteiger partial charge in [0.15, 0.2) is 0 Å². The topological polar surface area (TPSA) is 72.9 Å². The number of nitrogens with zero attached hydrogens (tertiary/aromatic N) is 1. The molecule has 0 aromatic heterocycles. The lowest BCUT2D eigenvalue weighted by molar-refractivity contribution is -0.153. The highest BCUT2D eigenvalue weighted by Crippen LogP contribution is 2.37. The summed E-state index contributed by atoms with van der Waals surface area (Å²) in [6.07, 6.45) is 3.40. The Morgan fingerprint density at radius 2 is 1.64 bits per heavy atom. The SMILES string of the molecule is O=C(CN1C(=O)[C@@H]2CCCC[C@H]2C1=O)OCCOc1ccc(Br)cc1. The molecular formula is C18H20BrNO5. The number of benzene rings is 1. The fourth-order valence-electron chi connectivity index (χ4n) is 3.41. The molecule has 1 aliphatic heterocycles. The van der Waals surface area contributed by atoms with Gasteiger partial charge in [-0.25, -0.2) is 0 Å². The molecular weight excluding hydrogens is 390 g/mol. The average molecular weight is 410 g/mol. The van der Waals surface area contributed by atoms with Crippen LogP contribution < -0.4 is 4.74 Å². The number of likely N-dealkylation sites (tertiary alicyclic amines) is 1. The first-order valence-electron chi connectivity index (χ1n) is 8.45. The molecule has 0 radical (unpaired) electrons. The maximum Gasteiger partial charge on any atom is 0.326 e. The zero-order chi connectivity index (χ0) is 17.8. The number of carbonyl (C=O) groups is 3. The minimum absolute atomic E-state index is 0.0674. The van der Waals surface area contributed by atoms with Crippen molar-refractivity contribution < 1.29 is 23.9 Å². The van der Waals surface area contributed by atoms with Gasteiger partial charge in [-0.05, 0) is 37.1 Å². The summed E-state index contributed by atoms with van der Waals surface area (Å²) in [6.45, 7) is -0.0263. The van der Waals surface area contributed by atoms with Gasteiger partial charge in [0.25, 0.3) is 0 Å². The monoisotopic (exact) mass is 409 g/mol. The molecule has 0 spiro atoms. The van der Waals surface area contributed by atoms with Gasteiger partial charge in [-0.2, -0.15) is 0 Å². The molecule has 2 amide bonds. The first-order valence-corrected chi connectivity index (χ1v) is 9.25. The van der Waals surface area contributed by atoms with Crippen LogP contribution in [0.4, 0.5) is 0 Å². The minimum atomic E-state index is -0.584. The summed E-state index contributed by atoms with van der Waals surface area (Å²) in [6, 6.07) is 7.31. The van der Waals surface area contributed by atoms with E-state index in [1.165, 1.54) is 0 Å². The molecule has 0 unspecified atom stereocenters. The van der Waals surface area contributed by atoms with Gasteiger partial charge in [-0.15, -0.1) is 0 Å². The smallest absolute Gasteiger partial charge is 0.326 e. The third kappa shape index (κ3) is 4.21. The number of hydrogen-bond donors (Lipinski definition) is 0. The number of rotatable bonds is 6. The Balaban J connectivity index is 1.42. The zero-order valence-corrected chi connectivity index (χ0v) is 15.4. The van der Waals surface area contributed by atoms with Crippen LogP contribution in [0.5, 0.6) is 5.75 Å². The molecule has 3 rings (SSSR count). The molecule has 1 heterocycles. The first kappa shape index (κ1) is 17.9. The number of carbonyl (C=O) groups excluding carboxylic acids is 3. The Morgan fingerprint density at radius 1 is 1.04 bits per heavy atom. The maximum absolute atomic E-state index is 12.3. The van der Waals surface area contributed by atoms with E-state index in [0.29, 0.717) is 5.75 Å². The molecule has 1 saturated heterocycles. The van der Waals surface area contributed by atoms with Crippen molar-refractivity contribution in [1.29, 1.82) is 0 Å². The summed E-state index contributed by atoms with van der Waals surface area (Å²) in [5.74, 6) is -0.840. The van der Waals surface area contributed by atoms with Crippen molar-refractivity contribution in [2.45, 2.75) is 25.7 Å². The molecule has 1 aromatic carbocycles. The van der Waals surface area contributed by atoms with Crippen LogP contribution in [0.2, 0.25) is 0 Å². The lowest BCUT2D eigenvalue weighted by Gasteiger charge is -2.19. The highest BCUT2D eigenvalue weighted by Gasteiger charge is 2.48. The van der Waals surface area contributed by atoms with Crippen LogP contribution in [0.1, 0.15) is 25.7 Å². The summed E-state index contributed by atoms with van der Waals surface area (Å²) >= 11 is 3.34. The third-order valence-corrected chi connectivity index (χ3v) is 5.18. The van der Waals surface area contributed by atoms with Crippen molar-refractivity contribution in [1.82, 2.24) is 4.90 Å². The van der Waals surface area contributed by atoms with Crippen molar-refractivity contribution in [2.75, 3.05) is 19.8 Å². The average Bonchev–Trinajstić information content (AvgIpc) is 2.86. The first-order chi connectivity index (χ1) is 12.1. The van der Waals surface area contributed by atoms with E-state index in [-0.39, 0.29) is 43.4 Å². The van der Waals surface area contributed by atoms with Crippen molar-refractivity contribution >= 4 is 33.7 Å². The van der Waals surface area contributed by atoms with Gasteiger partial charge >= 0.3 is 5.97 Å². The van der Waals surface area contributed by atoms with E-state index in [1.54, 1.807) is 12.1 Å². The number of ether oxygens (including phenoxy) is 2. The van der Waals surface area contributed by atoms with E-state index in [2.05, 4.69) is 15.9 Å². The van der Waals surface area contributed by atoms with E-state index in [4.69, 9.17) is 9.47 Å². The molecule has 1 aromatic rings. The fourth-order valence-corrected chi connectivity index (χ4v) is 3.67. The molecule has 2 aliphatic rings. The number of fused-ring (bicyclic) bond motifs is 1. The van der Waals surface area contributed by atoms with Crippen LogP contribution >= 0.6 is 15.9 Å². The standard InChI is InChI=1S/C18H20BrNO5/c19-12-5-7-13(8-6-12)24-9-10-25-16(21)11-20-17(22)14-3-1-2-4-15(14)18(20)23/h5-8,14-15H,1-4,9-11H2/t14-,15-/m1/s1. The Morgan fingerprint density at radius 3 is 2.24 bits per heavy atom. The molecule has 0 bridgehead atoms. The normalized spacial score (nSPS) is 22.7. The van der Waals surface area contributed by atoms with Gasteiger partial charge in [-0.3, -0.25) is 19.3 Å². The number of esters is 1. The highest BCUT2D eigenvalue weighted by atomic mass is 79.9. The predicted molar refractivity (Wildman–Crippen MR) is 92.8 cm³/mol. The molecule has 25 heavy (non-hydrogen) atoms. The summed E-state index contributed by atoms with van der Waals surface area (Å²) in [7, 11) is 0. The second-order valence-electron chi connectivity index (χ2n) is 6.28. The van der Waals surface area contributed by atoms with Crippen LogP contribution in [0, 0.1) is 11.8 Å². The van der Waals surface area contributed by atoms with Crippen LogP contribution in [0.25, 0.3) is 0 Å². The Labute approximate surface area is 154 Å². The summed E-state index contributed by atoms with van der Waals surface area (Å²) in [5.41, 5.74) is 0. The van der Waals surface area contributed by atoms with Crippen molar-refractivity contribution in [3.8, 4) is 5.75 Å². The summed E-state index contributed by atoms with van der Waals surface area (Å²) in [4.78, 5) is 37.6. The van der Waals surface area contributed by atoms with Gasteiger partial charge in [0, 0.05) is 4.47 Å².